The molecule has 0 spiro atoms. The zero-order chi connectivity index (χ0) is 23.4. The normalized spacial score (nSPS) is 19.8. The topological polar surface area (TPSA) is 125 Å². The van der Waals surface area contributed by atoms with Crippen LogP contribution in [-0.2, 0) is 30.5 Å². The third-order valence-electron chi connectivity index (χ3n) is 6.26. The molecular weight excluding hydrogens is 499 g/mol. The number of aryl methyl sites for hydroxylation is 2. The van der Waals surface area contributed by atoms with Gasteiger partial charge in [-0.15, -0.1) is 0 Å². The molecule has 2 heterocycles. The van der Waals surface area contributed by atoms with Crippen LogP contribution in [0.2, 0.25) is 4.71 Å². The zero-order valence-electron chi connectivity index (χ0n) is 18.0. The van der Waals surface area contributed by atoms with E-state index in [1.54, 1.807) is 19.9 Å². The van der Waals surface area contributed by atoms with Crippen LogP contribution in [0.15, 0.2) is 27.5 Å². The Morgan fingerprint density at radius 3 is 2.56 bits per heavy atom. The molecule has 1 radical (unpaired) electrons. The Balaban J connectivity index is 1.60. The van der Waals surface area contributed by atoms with Crippen LogP contribution in [0.25, 0.3) is 11.0 Å². The SMILES string of the molecule is CN1C(=O)N(CC([As]S(=O)(=O)c2ccc3c4c(oc3c2)CCCC4)C(=O)O)C(=O)C1(C)C. The Morgan fingerprint density at radius 2 is 1.94 bits per heavy atom. The van der Waals surface area contributed by atoms with Gasteiger partial charge in [-0.2, -0.15) is 0 Å². The van der Waals surface area contributed by atoms with Crippen molar-refractivity contribution < 1.29 is 32.3 Å². The number of carboxylic acids is 1. The van der Waals surface area contributed by atoms with Crippen LogP contribution < -0.4 is 0 Å². The monoisotopic (exact) mass is 523 g/mol. The molecule has 1 N–H and O–H groups in total. The molecule has 1 aliphatic carbocycles. The van der Waals surface area contributed by atoms with Crippen molar-refractivity contribution in [2.24, 2.45) is 0 Å². The van der Waals surface area contributed by atoms with Crippen molar-refractivity contribution in [2.75, 3.05) is 13.6 Å². The first-order valence-corrected chi connectivity index (χ1v) is 15.1. The van der Waals surface area contributed by atoms with Gasteiger partial charge in [0.15, 0.2) is 0 Å². The molecule has 1 unspecified atom stereocenters. The molecule has 1 saturated heterocycles. The summed E-state index contributed by atoms with van der Waals surface area (Å²) in [6, 6.07) is 4.03. The van der Waals surface area contributed by atoms with Gasteiger partial charge in [0.25, 0.3) is 0 Å². The maximum absolute atomic E-state index is 13.1. The van der Waals surface area contributed by atoms with Gasteiger partial charge in [0, 0.05) is 0 Å². The van der Waals surface area contributed by atoms with Crippen LogP contribution in [0.1, 0.15) is 38.0 Å². The number of carboxylic acid groups (broad SMARTS) is 1. The summed E-state index contributed by atoms with van der Waals surface area (Å²) in [5.41, 5.74) is 0.489. The second-order valence-electron chi connectivity index (χ2n) is 8.62. The molecule has 32 heavy (non-hydrogen) atoms. The molecule has 1 aromatic heterocycles. The number of carbonyl (C=O) groups is 3. The van der Waals surface area contributed by atoms with Crippen LogP contribution in [0.5, 0.6) is 0 Å². The van der Waals surface area contributed by atoms with Crippen LogP contribution in [-0.4, -0.2) is 75.0 Å². The number of rotatable bonds is 6. The number of imide groups is 1. The summed E-state index contributed by atoms with van der Waals surface area (Å²) in [6.45, 7) is 2.65. The summed E-state index contributed by atoms with van der Waals surface area (Å²) in [4.78, 5) is 39.0. The second kappa shape index (κ2) is 7.92. The van der Waals surface area contributed by atoms with E-state index in [0.717, 1.165) is 47.3 Å². The van der Waals surface area contributed by atoms with Crippen molar-refractivity contribution in [2.45, 2.75) is 54.7 Å². The Labute approximate surface area is 191 Å². The number of furan rings is 1. The van der Waals surface area contributed by atoms with Gasteiger partial charge < -0.3 is 0 Å². The molecule has 4 rings (SSSR count). The summed E-state index contributed by atoms with van der Waals surface area (Å²) in [5, 5.41) is 10.6. The third kappa shape index (κ3) is 3.73. The minimum absolute atomic E-state index is 0.00105. The quantitative estimate of drug-likeness (QED) is 0.455. The average molecular weight is 523 g/mol. The van der Waals surface area contributed by atoms with Crippen LogP contribution >= 0.6 is 0 Å². The van der Waals surface area contributed by atoms with E-state index in [2.05, 4.69) is 0 Å². The third-order valence-corrected chi connectivity index (χ3v) is 13.1. The number of amides is 3. The average Bonchev–Trinajstić information content (AvgIpc) is 3.18. The van der Waals surface area contributed by atoms with Crippen molar-refractivity contribution in [1.82, 2.24) is 9.80 Å². The van der Waals surface area contributed by atoms with Crippen LogP contribution in [0, 0.1) is 0 Å². The molecule has 1 fully saturated rings. The van der Waals surface area contributed by atoms with Gasteiger partial charge in [0.1, 0.15) is 0 Å². The van der Waals surface area contributed by atoms with E-state index in [4.69, 9.17) is 4.42 Å². The summed E-state index contributed by atoms with van der Waals surface area (Å²) >= 11 is -1.81. The number of carbonyl (C=O) groups excluding carboxylic acids is 2. The Hall–Kier alpha value is -2.32. The fourth-order valence-electron chi connectivity index (χ4n) is 4.10. The maximum atomic E-state index is 13.1. The number of hydrogen-bond donors (Lipinski definition) is 1. The van der Waals surface area contributed by atoms with E-state index in [1.165, 1.54) is 24.1 Å². The molecular formula is C21H24AsN2O7S. The van der Waals surface area contributed by atoms with E-state index < -0.39 is 57.4 Å². The summed E-state index contributed by atoms with van der Waals surface area (Å²) in [6.07, 6.45) is 3.81. The van der Waals surface area contributed by atoms with E-state index in [0.29, 0.717) is 5.58 Å². The number of fused-ring (bicyclic) bond motifs is 3. The van der Waals surface area contributed by atoms with Gasteiger partial charge in [0.2, 0.25) is 0 Å². The van der Waals surface area contributed by atoms with Crippen molar-refractivity contribution >= 4 is 51.6 Å². The second-order valence-corrected chi connectivity index (χ2v) is 15.9. The number of nitrogens with zero attached hydrogens (tertiary/aromatic N) is 2. The zero-order valence-corrected chi connectivity index (χ0v) is 20.7. The molecule has 1 aromatic carbocycles. The molecule has 1 aliphatic heterocycles. The molecule has 1 atom stereocenters. The molecule has 3 amide bonds. The molecule has 171 valence electrons. The van der Waals surface area contributed by atoms with Gasteiger partial charge in [-0.05, 0) is 0 Å². The van der Waals surface area contributed by atoms with Crippen molar-refractivity contribution in [1.29, 1.82) is 0 Å². The number of benzene rings is 1. The fourth-order valence-corrected chi connectivity index (χ4v) is 10.1. The van der Waals surface area contributed by atoms with Crippen LogP contribution in [0.3, 0.4) is 0 Å². The van der Waals surface area contributed by atoms with Crippen molar-refractivity contribution in [3.63, 3.8) is 0 Å². The van der Waals surface area contributed by atoms with E-state index in [1.807, 2.05) is 0 Å². The van der Waals surface area contributed by atoms with Crippen LogP contribution in [0.4, 0.5) is 4.79 Å². The molecule has 0 saturated carbocycles. The molecule has 0 bridgehead atoms. The summed E-state index contributed by atoms with van der Waals surface area (Å²) < 4.78 is 30.7. The predicted octanol–water partition coefficient (Wildman–Crippen LogP) is 2.25. The Kier molecular flexibility index (Phi) is 5.66. The molecule has 9 nitrogen and oxygen atoms in total. The summed E-state index contributed by atoms with van der Waals surface area (Å²) in [5.74, 6) is -1.01. The van der Waals surface area contributed by atoms with E-state index in [9.17, 15) is 27.9 Å². The van der Waals surface area contributed by atoms with Gasteiger partial charge in [-0.1, -0.05) is 0 Å². The predicted molar refractivity (Wildman–Crippen MR) is 116 cm³/mol. The van der Waals surface area contributed by atoms with Gasteiger partial charge >= 0.3 is 191 Å². The first-order valence-electron chi connectivity index (χ1n) is 10.3. The Bertz CT molecular complexity index is 1230. The minimum atomic E-state index is -3.93. The number of likely N-dealkylation sites (N-methyl/N-ethyl adjacent to an activating group) is 1. The summed E-state index contributed by atoms with van der Waals surface area (Å²) in [7, 11) is -2.47. The van der Waals surface area contributed by atoms with Crippen molar-refractivity contribution in [3.05, 3.63) is 29.5 Å². The number of aliphatic carboxylic acids is 1. The van der Waals surface area contributed by atoms with E-state index in [-0.39, 0.29) is 4.90 Å². The number of hydrogen-bond acceptors (Lipinski definition) is 6. The molecule has 2 aliphatic rings. The van der Waals surface area contributed by atoms with E-state index >= 15 is 0 Å². The van der Waals surface area contributed by atoms with Gasteiger partial charge in [0.05, 0.1) is 0 Å². The molecule has 11 heteroatoms. The van der Waals surface area contributed by atoms with Gasteiger partial charge in [-0.3, -0.25) is 0 Å². The first-order chi connectivity index (χ1) is 14.9. The fraction of sp³-hybridized carbons (Fsp3) is 0.476. The number of urea groups is 1. The Morgan fingerprint density at radius 1 is 1.25 bits per heavy atom. The van der Waals surface area contributed by atoms with Crippen molar-refractivity contribution in [3.8, 4) is 0 Å². The van der Waals surface area contributed by atoms with Gasteiger partial charge in [-0.25, -0.2) is 0 Å². The first kappa shape index (κ1) is 22.9. The standard InChI is InChI=1S/C21H24AsN2O7S/c1-21(2)19(27)24(20(28)23(21)3)11-15(18(25)26)22-32(29,30)12-8-9-14-13-6-4-5-7-16(13)31-17(14)10-12/h8-10,15H,4-7,11H2,1-3H3,(H,25,26). The molecule has 2 aromatic rings.